The number of hydrogen-bond acceptors (Lipinski definition) is 5. The van der Waals surface area contributed by atoms with Gasteiger partial charge in [-0.1, -0.05) is 0 Å². The number of likely N-dealkylation sites (tertiary alicyclic amines) is 1. The maximum absolute atomic E-state index is 11.9. The molecule has 0 aromatic rings. The fraction of sp³-hybridized carbons (Fsp3) is 0.692. The summed E-state index contributed by atoms with van der Waals surface area (Å²) in [6.45, 7) is 0.407. The second-order valence-electron chi connectivity index (χ2n) is 5.18. The number of nitrogens with zero attached hydrogens (tertiary/aromatic N) is 1. The number of carboxylic acid groups (broad SMARTS) is 2. The molecule has 9 nitrogen and oxygen atoms in total. The SMILES string of the molecule is NCC(=O)N1CCC[C@H]1CC(=O)N[C@@H](CCC(=O)O)C(=O)O. The van der Waals surface area contributed by atoms with Crippen molar-refractivity contribution in [1.29, 1.82) is 0 Å². The van der Waals surface area contributed by atoms with E-state index in [1.165, 1.54) is 4.90 Å². The van der Waals surface area contributed by atoms with Crippen LogP contribution in [-0.4, -0.2) is 64.0 Å². The molecule has 0 bridgehead atoms. The first-order valence-corrected chi connectivity index (χ1v) is 7.08. The van der Waals surface area contributed by atoms with Crippen molar-refractivity contribution in [2.75, 3.05) is 13.1 Å². The molecule has 124 valence electrons. The molecule has 0 spiro atoms. The van der Waals surface area contributed by atoms with Gasteiger partial charge in [0, 0.05) is 25.4 Å². The van der Waals surface area contributed by atoms with Crippen molar-refractivity contribution in [3.05, 3.63) is 0 Å². The summed E-state index contributed by atoms with van der Waals surface area (Å²) >= 11 is 0. The molecule has 1 aliphatic heterocycles. The molecule has 1 rings (SSSR count). The number of amides is 2. The summed E-state index contributed by atoms with van der Waals surface area (Å²) in [7, 11) is 0. The van der Waals surface area contributed by atoms with Gasteiger partial charge in [-0.05, 0) is 19.3 Å². The molecule has 0 saturated carbocycles. The average molecular weight is 315 g/mol. The monoisotopic (exact) mass is 315 g/mol. The maximum atomic E-state index is 11.9. The Hall–Kier alpha value is -2.16. The molecule has 2 amide bonds. The zero-order valence-corrected chi connectivity index (χ0v) is 12.2. The van der Waals surface area contributed by atoms with Crippen molar-refractivity contribution in [2.45, 2.75) is 44.2 Å². The second kappa shape index (κ2) is 8.32. The molecule has 0 aromatic carbocycles. The molecular weight excluding hydrogens is 294 g/mol. The standard InChI is InChI=1S/C13H21N3O6/c14-7-11(18)16-5-1-2-8(16)6-10(17)15-9(13(21)22)3-4-12(19)20/h8-9H,1-7,14H2,(H,15,17)(H,19,20)(H,21,22)/t8-,9-/m0/s1. The molecule has 1 aliphatic rings. The Labute approximate surface area is 127 Å². The van der Waals surface area contributed by atoms with Crippen LogP contribution >= 0.6 is 0 Å². The van der Waals surface area contributed by atoms with E-state index in [0.717, 1.165) is 6.42 Å². The van der Waals surface area contributed by atoms with Crippen LogP contribution in [0.5, 0.6) is 0 Å². The van der Waals surface area contributed by atoms with Crippen LogP contribution in [0.3, 0.4) is 0 Å². The van der Waals surface area contributed by atoms with Gasteiger partial charge >= 0.3 is 11.9 Å². The number of carbonyl (C=O) groups is 4. The highest BCUT2D eigenvalue weighted by atomic mass is 16.4. The van der Waals surface area contributed by atoms with Gasteiger partial charge in [0.05, 0.1) is 6.54 Å². The van der Waals surface area contributed by atoms with Crippen molar-refractivity contribution in [2.24, 2.45) is 5.73 Å². The molecule has 1 fully saturated rings. The number of carboxylic acids is 2. The van der Waals surface area contributed by atoms with Crippen molar-refractivity contribution in [3.63, 3.8) is 0 Å². The Kier molecular flexibility index (Phi) is 6.77. The Balaban J connectivity index is 2.54. The minimum Gasteiger partial charge on any atom is -0.481 e. The predicted molar refractivity (Wildman–Crippen MR) is 74.8 cm³/mol. The fourth-order valence-electron chi connectivity index (χ4n) is 2.49. The first kappa shape index (κ1) is 17.9. The van der Waals surface area contributed by atoms with Gasteiger partial charge in [-0.15, -0.1) is 0 Å². The normalized spacial score (nSPS) is 18.8. The van der Waals surface area contributed by atoms with Gasteiger partial charge < -0.3 is 26.2 Å². The van der Waals surface area contributed by atoms with E-state index in [1.807, 2.05) is 0 Å². The summed E-state index contributed by atoms with van der Waals surface area (Å²) in [5.74, 6) is -3.16. The first-order valence-electron chi connectivity index (χ1n) is 7.08. The maximum Gasteiger partial charge on any atom is 0.326 e. The van der Waals surface area contributed by atoms with E-state index in [2.05, 4.69) is 5.32 Å². The summed E-state index contributed by atoms with van der Waals surface area (Å²) in [6, 6.07) is -1.53. The summed E-state index contributed by atoms with van der Waals surface area (Å²) in [5, 5.41) is 19.9. The molecule has 0 aliphatic carbocycles. The van der Waals surface area contributed by atoms with Crippen LogP contribution in [0.25, 0.3) is 0 Å². The van der Waals surface area contributed by atoms with Crippen LogP contribution in [-0.2, 0) is 19.2 Å². The number of rotatable bonds is 8. The van der Waals surface area contributed by atoms with E-state index >= 15 is 0 Å². The predicted octanol–water partition coefficient (Wildman–Crippen LogP) is -1.24. The Morgan fingerprint density at radius 2 is 1.95 bits per heavy atom. The van der Waals surface area contributed by atoms with Gasteiger partial charge in [0.25, 0.3) is 0 Å². The van der Waals surface area contributed by atoms with Gasteiger partial charge in [-0.25, -0.2) is 4.79 Å². The topological polar surface area (TPSA) is 150 Å². The summed E-state index contributed by atoms with van der Waals surface area (Å²) < 4.78 is 0. The number of nitrogens with two attached hydrogens (primary N) is 1. The van der Waals surface area contributed by atoms with Crippen LogP contribution in [0.1, 0.15) is 32.1 Å². The highest BCUT2D eigenvalue weighted by Crippen LogP contribution is 2.20. The minimum absolute atomic E-state index is 0.0113. The highest BCUT2D eigenvalue weighted by molar-refractivity contribution is 5.85. The lowest BCUT2D eigenvalue weighted by Gasteiger charge is -2.24. The molecule has 0 aromatic heterocycles. The average Bonchev–Trinajstić information content (AvgIpc) is 2.90. The van der Waals surface area contributed by atoms with E-state index in [0.29, 0.717) is 13.0 Å². The number of carbonyl (C=O) groups excluding carboxylic acids is 2. The van der Waals surface area contributed by atoms with Gasteiger partial charge in [0.2, 0.25) is 11.8 Å². The third-order valence-electron chi connectivity index (χ3n) is 3.57. The minimum atomic E-state index is -1.28. The molecule has 5 N–H and O–H groups in total. The lowest BCUT2D eigenvalue weighted by Crippen LogP contribution is -2.45. The molecule has 2 atom stereocenters. The van der Waals surface area contributed by atoms with E-state index in [-0.39, 0.29) is 37.8 Å². The molecule has 22 heavy (non-hydrogen) atoms. The Morgan fingerprint density at radius 1 is 1.27 bits per heavy atom. The second-order valence-corrected chi connectivity index (χ2v) is 5.18. The molecule has 0 unspecified atom stereocenters. The van der Waals surface area contributed by atoms with Gasteiger partial charge in [0.15, 0.2) is 0 Å². The molecule has 1 saturated heterocycles. The van der Waals surface area contributed by atoms with Crippen LogP contribution in [0.15, 0.2) is 0 Å². The number of nitrogens with one attached hydrogen (secondary N) is 1. The van der Waals surface area contributed by atoms with E-state index < -0.39 is 23.9 Å². The third kappa shape index (κ3) is 5.32. The molecule has 9 heteroatoms. The number of hydrogen-bond donors (Lipinski definition) is 4. The highest BCUT2D eigenvalue weighted by Gasteiger charge is 2.30. The summed E-state index contributed by atoms with van der Waals surface area (Å²) in [4.78, 5) is 46.6. The molecule has 1 heterocycles. The van der Waals surface area contributed by atoms with Gasteiger partial charge in [0.1, 0.15) is 6.04 Å². The Morgan fingerprint density at radius 3 is 2.50 bits per heavy atom. The molecular formula is C13H21N3O6. The number of aliphatic carboxylic acids is 2. The van der Waals surface area contributed by atoms with Crippen LogP contribution in [0, 0.1) is 0 Å². The zero-order valence-electron chi connectivity index (χ0n) is 12.2. The lowest BCUT2D eigenvalue weighted by atomic mass is 10.1. The van der Waals surface area contributed by atoms with Gasteiger partial charge in [-0.2, -0.15) is 0 Å². The van der Waals surface area contributed by atoms with Gasteiger partial charge in [-0.3, -0.25) is 14.4 Å². The van der Waals surface area contributed by atoms with Crippen molar-refractivity contribution < 1.29 is 29.4 Å². The smallest absolute Gasteiger partial charge is 0.326 e. The van der Waals surface area contributed by atoms with Crippen molar-refractivity contribution >= 4 is 23.8 Å². The van der Waals surface area contributed by atoms with Crippen LogP contribution in [0.4, 0.5) is 0 Å². The molecule has 0 radical (unpaired) electrons. The summed E-state index contributed by atoms with van der Waals surface area (Å²) in [6.07, 6.45) is 0.880. The van der Waals surface area contributed by atoms with Crippen LogP contribution in [0.2, 0.25) is 0 Å². The first-order chi connectivity index (χ1) is 10.3. The summed E-state index contributed by atoms with van der Waals surface area (Å²) in [5.41, 5.74) is 5.31. The van der Waals surface area contributed by atoms with Crippen LogP contribution < -0.4 is 11.1 Å². The lowest BCUT2D eigenvalue weighted by molar-refractivity contribution is -0.143. The van der Waals surface area contributed by atoms with E-state index in [4.69, 9.17) is 15.9 Å². The quantitative estimate of drug-likeness (QED) is 0.437. The third-order valence-corrected chi connectivity index (χ3v) is 3.57. The van der Waals surface area contributed by atoms with Crippen molar-refractivity contribution in [1.82, 2.24) is 10.2 Å². The van der Waals surface area contributed by atoms with E-state index in [9.17, 15) is 19.2 Å². The van der Waals surface area contributed by atoms with Crippen molar-refractivity contribution in [3.8, 4) is 0 Å². The Bertz CT molecular complexity index is 453. The zero-order chi connectivity index (χ0) is 16.7. The largest absolute Gasteiger partial charge is 0.481 e. The fourth-order valence-corrected chi connectivity index (χ4v) is 2.49. The van der Waals surface area contributed by atoms with E-state index in [1.54, 1.807) is 0 Å².